The van der Waals surface area contributed by atoms with Crippen LogP contribution in [-0.4, -0.2) is 13.1 Å². The highest BCUT2D eigenvalue weighted by Gasteiger charge is 2.30. The Morgan fingerprint density at radius 3 is 1.85 bits per heavy atom. The van der Waals surface area contributed by atoms with Crippen LogP contribution in [0.1, 0.15) is 19.4 Å². The van der Waals surface area contributed by atoms with Crippen molar-refractivity contribution in [3.8, 4) is 11.3 Å². The Balaban J connectivity index is 1.86. The number of aromatic nitrogens is 1. The summed E-state index contributed by atoms with van der Waals surface area (Å²) in [5.74, 6) is 0.577. The lowest BCUT2D eigenvalue weighted by Crippen LogP contribution is -2.40. The first-order valence-electron chi connectivity index (χ1n) is 12.0. The van der Waals surface area contributed by atoms with Crippen LogP contribution < -0.4 is 21.1 Å². The van der Waals surface area contributed by atoms with E-state index in [4.69, 9.17) is 4.98 Å². The van der Waals surface area contributed by atoms with Crippen molar-refractivity contribution in [2.45, 2.75) is 39.9 Å². The van der Waals surface area contributed by atoms with Gasteiger partial charge in [-0.2, -0.15) is 0 Å². The van der Waals surface area contributed by atoms with Gasteiger partial charge in [-0.15, -0.1) is 0 Å². The fourth-order valence-electron chi connectivity index (χ4n) is 4.52. The van der Waals surface area contributed by atoms with E-state index in [9.17, 15) is 4.57 Å². The second-order valence-electron chi connectivity index (χ2n) is 10.4. The first-order chi connectivity index (χ1) is 16.2. The zero-order valence-corrected chi connectivity index (χ0v) is 22.7. The molecule has 0 atom stereocenters. The highest BCUT2D eigenvalue weighted by atomic mass is 31.2. The molecule has 2 nitrogen and oxygen atoms in total. The Hall–Kier alpha value is -2.74. The largest absolute Gasteiger partial charge is 0.309 e. The van der Waals surface area contributed by atoms with Crippen LogP contribution >= 0.6 is 7.14 Å². The smallest absolute Gasteiger partial charge is 0.171 e. The quantitative estimate of drug-likeness (QED) is 0.234. The van der Waals surface area contributed by atoms with Gasteiger partial charge in [-0.3, -0.25) is 4.98 Å². The molecule has 4 rings (SSSR count). The summed E-state index contributed by atoms with van der Waals surface area (Å²) in [5.41, 5.74) is 3.36. The number of hydrogen-bond donors (Lipinski definition) is 0. The molecule has 3 aromatic carbocycles. The highest BCUT2D eigenvalue weighted by Crippen LogP contribution is 2.42. The highest BCUT2D eigenvalue weighted by molar-refractivity contribution is 7.85. The van der Waals surface area contributed by atoms with Gasteiger partial charge in [0.2, 0.25) is 0 Å². The minimum atomic E-state index is -3.02. The number of rotatable bonds is 7. The monoisotopic (exact) mass is 483 g/mol. The molecule has 0 spiro atoms. The Kier molecular flexibility index (Phi) is 7.07. The van der Waals surface area contributed by atoms with E-state index >= 15 is 0 Å². The van der Waals surface area contributed by atoms with Crippen molar-refractivity contribution in [2.24, 2.45) is 5.92 Å². The molecule has 0 saturated carbocycles. The van der Waals surface area contributed by atoms with Gasteiger partial charge in [0.05, 0.1) is 13.8 Å². The van der Waals surface area contributed by atoms with E-state index < -0.39 is 15.2 Å². The number of pyridine rings is 1. The maximum absolute atomic E-state index is 14.8. The van der Waals surface area contributed by atoms with E-state index in [0.717, 1.165) is 33.6 Å². The molecule has 0 aliphatic heterocycles. The molecule has 0 radical (unpaired) electrons. The molecule has 0 aliphatic rings. The Labute approximate surface area is 205 Å². The lowest BCUT2D eigenvalue weighted by Gasteiger charge is -2.23. The number of benzene rings is 3. The van der Waals surface area contributed by atoms with E-state index in [1.807, 2.05) is 72.8 Å². The summed E-state index contributed by atoms with van der Waals surface area (Å²) in [6.45, 7) is 11.7. The summed E-state index contributed by atoms with van der Waals surface area (Å²) >= 11 is 0. The van der Waals surface area contributed by atoms with E-state index in [-0.39, 0.29) is 0 Å². The maximum atomic E-state index is 14.8. The molecule has 0 fully saturated rings. The molecule has 0 amide bonds. The van der Waals surface area contributed by atoms with E-state index in [2.05, 4.69) is 57.9 Å². The van der Waals surface area contributed by atoms with Crippen molar-refractivity contribution < 1.29 is 4.57 Å². The molecule has 4 aromatic rings. The van der Waals surface area contributed by atoms with Gasteiger partial charge in [-0.1, -0.05) is 112 Å². The number of nitrogens with zero attached hydrogens (tertiary/aromatic N) is 1. The topological polar surface area (TPSA) is 30.0 Å². The van der Waals surface area contributed by atoms with E-state index in [1.54, 1.807) is 0 Å². The zero-order valence-electron chi connectivity index (χ0n) is 20.8. The SMILES string of the molecule is CC(C)Cc1cc(-c2cccc(P(=O)(c3ccccc3)c3ccccc3)c2)ncc1[Si](C)(C)C. The van der Waals surface area contributed by atoms with Crippen molar-refractivity contribution in [2.75, 3.05) is 0 Å². The molecule has 1 heterocycles. The predicted octanol–water partition coefficient (Wildman–Crippen LogP) is 6.13. The first kappa shape index (κ1) is 24.4. The summed E-state index contributed by atoms with van der Waals surface area (Å²) in [7, 11) is -4.52. The van der Waals surface area contributed by atoms with Gasteiger partial charge in [-0.25, -0.2) is 0 Å². The van der Waals surface area contributed by atoms with E-state index in [0.29, 0.717) is 5.92 Å². The minimum Gasteiger partial charge on any atom is -0.309 e. The average Bonchev–Trinajstić information content (AvgIpc) is 2.83. The fourth-order valence-corrected chi connectivity index (χ4v) is 8.81. The lowest BCUT2D eigenvalue weighted by atomic mass is 10.0. The molecular weight excluding hydrogens is 449 g/mol. The van der Waals surface area contributed by atoms with Crippen LogP contribution in [0.5, 0.6) is 0 Å². The third-order valence-corrected chi connectivity index (χ3v) is 11.3. The van der Waals surface area contributed by atoms with Crippen molar-refractivity contribution in [1.82, 2.24) is 4.98 Å². The van der Waals surface area contributed by atoms with Crippen molar-refractivity contribution in [1.29, 1.82) is 0 Å². The second kappa shape index (κ2) is 9.86. The van der Waals surface area contributed by atoms with Gasteiger partial charge in [0.25, 0.3) is 0 Å². The van der Waals surface area contributed by atoms with Crippen molar-refractivity contribution in [3.05, 3.63) is 103 Å². The summed E-state index contributed by atoms with van der Waals surface area (Å²) in [5, 5.41) is 3.96. The van der Waals surface area contributed by atoms with Gasteiger partial charge in [0, 0.05) is 27.7 Å². The summed E-state index contributed by atoms with van der Waals surface area (Å²) < 4.78 is 14.8. The van der Waals surface area contributed by atoms with Gasteiger partial charge < -0.3 is 4.57 Å². The average molecular weight is 484 g/mol. The van der Waals surface area contributed by atoms with Gasteiger partial charge in [-0.05, 0) is 35.2 Å². The predicted molar refractivity (Wildman–Crippen MR) is 151 cm³/mol. The molecule has 0 N–H and O–H groups in total. The van der Waals surface area contributed by atoms with E-state index in [1.165, 1.54) is 10.8 Å². The van der Waals surface area contributed by atoms with Crippen LogP contribution in [0, 0.1) is 5.92 Å². The normalized spacial score (nSPS) is 12.2. The van der Waals surface area contributed by atoms with Crippen LogP contribution in [0.15, 0.2) is 97.2 Å². The van der Waals surface area contributed by atoms with Crippen LogP contribution in [0.25, 0.3) is 11.3 Å². The van der Waals surface area contributed by atoms with Crippen molar-refractivity contribution in [3.63, 3.8) is 0 Å². The lowest BCUT2D eigenvalue weighted by molar-refractivity contribution is 0.592. The zero-order chi connectivity index (χ0) is 24.3. The van der Waals surface area contributed by atoms with Crippen LogP contribution in [0.3, 0.4) is 0 Å². The summed E-state index contributed by atoms with van der Waals surface area (Å²) in [6, 6.07) is 30.1. The maximum Gasteiger partial charge on any atom is 0.171 e. The molecule has 0 aliphatic carbocycles. The Morgan fingerprint density at radius 2 is 1.32 bits per heavy atom. The Morgan fingerprint density at radius 1 is 0.765 bits per heavy atom. The Bertz CT molecular complexity index is 1270. The molecule has 4 heteroatoms. The molecule has 34 heavy (non-hydrogen) atoms. The number of hydrogen-bond acceptors (Lipinski definition) is 2. The third-order valence-electron chi connectivity index (χ3n) is 6.17. The summed E-state index contributed by atoms with van der Waals surface area (Å²) in [6.07, 6.45) is 3.14. The fraction of sp³-hybridized carbons (Fsp3) is 0.233. The minimum absolute atomic E-state index is 0.577. The third kappa shape index (κ3) is 5.01. The molecule has 174 valence electrons. The molecular formula is C30H34NOPSi. The van der Waals surface area contributed by atoms with Crippen molar-refractivity contribution >= 4 is 36.3 Å². The standard InChI is InChI=1S/C30H34NOPSi/c1-23(2)19-25-21-29(31-22-30(25)34(3,4)5)24-13-12-18-28(20-24)33(32,26-14-8-6-9-15-26)27-16-10-7-11-17-27/h6-18,20-23H,19H2,1-5H3. The molecule has 0 saturated heterocycles. The molecule has 0 unspecified atom stereocenters. The van der Waals surface area contributed by atoms with Crippen LogP contribution in [0.2, 0.25) is 19.6 Å². The second-order valence-corrected chi connectivity index (χ2v) is 18.2. The van der Waals surface area contributed by atoms with Gasteiger partial charge in [0.1, 0.15) is 0 Å². The first-order valence-corrected chi connectivity index (χ1v) is 17.2. The molecule has 1 aromatic heterocycles. The van der Waals surface area contributed by atoms with Crippen LogP contribution in [-0.2, 0) is 11.0 Å². The van der Waals surface area contributed by atoms with Gasteiger partial charge in [0.15, 0.2) is 7.14 Å². The summed E-state index contributed by atoms with van der Waals surface area (Å²) in [4.78, 5) is 4.90. The van der Waals surface area contributed by atoms with Gasteiger partial charge >= 0.3 is 0 Å². The molecule has 0 bridgehead atoms. The van der Waals surface area contributed by atoms with Crippen LogP contribution in [0.4, 0.5) is 0 Å².